The van der Waals surface area contributed by atoms with E-state index in [4.69, 9.17) is 9.52 Å². The smallest absolute Gasteiger partial charge is 0.313 e. The molecule has 0 bridgehead atoms. The van der Waals surface area contributed by atoms with Crippen molar-refractivity contribution in [1.29, 1.82) is 0 Å². The first-order valence-corrected chi connectivity index (χ1v) is 7.74. The Kier molecular flexibility index (Phi) is 5.58. The van der Waals surface area contributed by atoms with Gasteiger partial charge in [-0.1, -0.05) is 17.8 Å². The van der Waals surface area contributed by atoms with E-state index in [0.29, 0.717) is 17.5 Å². The number of thioether (sulfide) groups is 1. The van der Waals surface area contributed by atoms with Crippen LogP contribution in [0.25, 0.3) is 0 Å². The monoisotopic (exact) mass is 336 g/mol. The number of rotatable bonds is 8. The number of aliphatic carboxylic acids is 1. The van der Waals surface area contributed by atoms with E-state index >= 15 is 0 Å². The van der Waals surface area contributed by atoms with Crippen LogP contribution in [0.15, 0.2) is 40.6 Å². The highest BCUT2D eigenvalue weighted by Gasteiger charge is 2.21. The van der Waals surface area contributed by atoms with Gasteiger partial charge in [0.25, 0.3) is 5.91 Å². The average Bonchev–Trinajstić information content (AvgIpc) is 3.15. The Bertz CT molecular complexity index is 696. The number of nitrogens with zero attached hydrogens (tertiary/aromatic N) is 3. The van der Waals surface area contributed by atoms with Crippen molar-refractivity contribution < 1.29 is 19.1 Å². The van der Waals surface area contributed by atoms with Gasteiger partial charge in [-0.2, -0.15) is 0 Å². The molecule has 0 saturated heterocycles. The molecule has 0 radical (unpaired) electrons. The van der Waals surface area contributed by atoms with Gasteiger partial charge in [0.2, 0.25) is 0 Å². The molecule has 0 aliphatic carbocycles. The first-order valence-electron chi connectivity index (χ1n) is 6.76. The molecule has 2 aromatic heterocycles. The molecule has 2 heterocycles. The van der Waals surface area contributed by atoms with Crippen LogP contribution in [0.5, 0.6) is 0 Å². The van der Waals surface area contributed by atoms with Crippen LogP contribution >= 0.6 is 11.8 Å². The number of hydrogen-bond donors (Lipinski definition) is 2. The Morgan fingerprint density at radius 2 is 2.35 bits per heavy atom. The summed E-state index contributed by atoms with van der Waals surface area (Å²) in [6, 6.07) is 2.75. The number of hydrogen-bond acceptors (Lipinski definition) is 6. The van der Waals surface area contributed by atoms with Gasteiger partial charge in [0.05, 0.1) is 18.1 Å². The summed E-state index contributed by atoms with van der Waals surface area (Å²) in [6.07, 6.45) is 3.07. The predicted octanol–water partition coefficient (Wildman–Crippen LogP) is 1.72. The van der Waals surface area contributed by atoms with Gasteiger partial charge in [0.15, 0.2) is 16.7 Å². The van der Waals surface area contributed by atoms with Gasteiger partial charge in [0.1, 0.15) is 0 Å². The van der Waals surface area contributed by atoms with Gasteiger partial charge < -0.3 is 19.4 Å². The lowest BCUT2D eigenvalue weighted by atomic mass is 10.3. The normalized spacial score (nSPS) is 11.9. The predicted molar refractivity (Wildman–Crippen MR) is 83.2 cm³/mol. The molecule has 0 saturated carbocycles. The fourth-order valence-electron chi connectivity index (χ4n) is 1.89. The number of carbonyl (C=O) groups excluding carboxylic acids is 1. The van der Waals surface area contributed by atoms with Gasteiger partial charge in [-0.05, 0) is 19.1 Å². The molecule has 1 amide bonds. The lowest BCUT2D eigenvalue weighted by Crippen LogP contribution is -2.28. The summed E-state index contributed by atoms with van der Waals surface area (Å²) < 4.78 is 6.76. The second-order valence-electron chi connectivity index (χ2n) is 4.59. The number of amides is 1. The van der Waals surface area contributed by atoms with Crippen molar-refractivity contribution >= 4 is 23.6 Å². The minimum absolute atomic E-state index is 0.123. The molecule has 122 valence electrons. The molecule has 9 heteroatoms. The van der Waals surface area contributed by atoms with Crippen molar-refractivity contribution in [1.82, 2.24) is 20.1 Å². The van der Waals surface area contributed by atoms with Crippen LogP contribution in [-0.2, 0) is 11.3 Å². The van der Waals surface area contributed by atoms with Gasteiger partial charge in [-0.25, -0.2) is 0 Å². The van der Waals surface area contributed by atoms with Crippen LogP contribution in [0.4, 0.5) is 0 Å². The SMILES string of the molecule is C=CCn1c(SCC(=O)O)nnc1C(C)NC(=O)c1ccco1. The Balaban J connectivity index is 2.15. The molecule has 1 atom stereocenters. The molecular weight excluding hydrogens is 320 g/mol. The van der Waals surface area contributed by atoms with Crippen LogP contribution in [0, 0.1) is 0 Å². The molecule has 0 spiro atoms. The van der Waals surface area contributed by atoms with E-state index in [1.165, 1.54) is 6.26 Å². The van der Waals surface area contributed by atoms with Crippen molar-refractivity contribution in [2.24, 2.45) is 0 Å². The molecule has 8 nitrogen and oxygen atoms in total. The van der Waals surface area contributed by atoms with E-state index in [-0.39, 0.29) is 17.4 Å². The number of nitrogens with one attached hydrogen (secondary N) is 1. The highest BCUT2D eigenvalue weighted by atomic mass is 32.2. The molecule has 0 aromatic carbocycles. The Morgan fingerprint density at radius 3 is 2.96 bits per heavy atom. The van der Waals surface area contributed by atoms with E-state index in [1.807, 2.05) is 0 Å². The first kappa shape index (κ1) is 16.8. The van der Waals surface area contributed by atoms with Gasteiger partial charge in [0, 0.05) is 6.54 Å². The van der Waals surface area contributed by atoms with E-state index < -0.39 is 12.0 Å². The zero-order valence-electron chi connectivity index (χ0n) is 12.4. The standard InChI is InChI=1S/C14H16N4O4S/c1-3-6-18-12(16-17-14(18)23-8-11(19)20)9(2)15-13(21)10-5-4-7-22-10/h3-5,7,9H,1,6,8H2,2H3,(H,15,21)(H,19,20). The number of aromatic nitrogens is 3. The van der Waals surface area contributed by atoms with Crippen LogP contribution in [-0.4, -0.2) is 37.5 Å². The van der Waals surface area contributed by atoms with Gasteiger partial charge >= 0.3 is 5.97 Å². The maximum absolute atomic E-state index is 12.0. The average molecular weight is 336 g/mol. The number of carboxylic acid groups (broad SMARTS) is 1. The molecule has 0 fully saturated rings. The van der Waals surface area contributed by atoms with Crippen LogP contribution in [0.2, 0.25) is 0 Å². The third-order valence-electron chi connectivity index (χ3n) is 2.86. The number of carbonyl (C=O) groups is 2. The third-order valence-corrected chi connectivity index (χ3v) is 3.81. The molecule has 23 heavy (non-hydrogen) atoms. The molecular formula is C14H16N4O4S. The van der Waals surface area contributed by atoms with Gasteiger partial charge in [-0.15, -0.1) is 16.8 Å². The van der Waals surface area contributed by atoms with Crippen molar-refractivity contribution in [2.75, 3.05) is 5.75 Å². The van der Waals surface area contributed by atoms with Crippen LogP contribution in [0.1, 0.15) is 29.3 Å². The maximum atomic E-state index is 12.0. The topological polar surface area (TPSA) is 110 Å². The fraction of sp³-hybridized carbons (Fsp3) is 0.286. The molecule has 0 aliphatic rings. The summed E-state index contributed by atoms with van der Waals surface area (Å²) in [5, 5.41) is 20.0. The zero-order chi connectivity index (χ0) is 16.8. The summed E-state index contributed by atoms with van der Waals surface area (Å²) >= 11 is 1.06. The number of carboxylic acids is 1. The highest BCUT2D eigenvalue weighted by Crippen LogP contribution is 2.21. The molecule has 2 rings (SSSR count). The first-order chi connectivity index (χ1) is 11.0. The molecule has 1 unspecified atom stereocenters. The lowest BCUT2D eigenvalue weighted by Gasteiger charge is -2.14. The second kappa shape index (κ2) is 7.63. The summed E-state index contributed by atoms with van der Waals surface area (Å²) in [4.78, 5) is 22.7. The van der Waals surface area contributed by atoms with Crippen LogP contribution in [0.3, 0.4) is 0 Å². The van der Waals surface area contributed by atoms with Crippen molar-refractivity contribution in [3.63, 3.8) is 0 Å². The molecule has 0 aliphatic heterocycles. The summed E-state index contributed by atoms with van der Waals surface area (Å²) in [5.74, 6) is -0.716. The third kappa shape index (κ3) is 4.22. The fourth-order valence-corrected chi connectivity index (χ4v) is 2.57. The summed E-state index contributed by atoms with van der Waals surface area (Å²) in [6.45, 7) is 5.84. The van der Waals surface area contributed by atoms with E-state index in [2.05, 4.69) is 22.1 Å². The Morgan fingerprint density at radius 1 is 1.57 bits per heavy atom. The summed E-state index contributed by atoms with van der Waals surface area (Å²) in [7, 11) is 0. The van der Waals surface area contributed by atoms with E-state index in [9.17, 15) is 9.59 Å². The van der Waals surface area contributed by atoms with Crippen molar-refractivity contribution in [2.45, 2.75) is 24.7 Å². The number of allylic oxidation sites excluding steroid dienone is 1. The van der Waals surface area contributed by atoms with Crippen molar-refractivity contribution in [3.05, 3.63) is 42.6 Å². The molecule has 2 N–H and O–H groups in total. The van der Waals surface area contributed by atoms with Gasteiger partial charge in [-0.3, -0.25) is 9.59 Å². The lowest BCUT2D eigenvalue weighted by molar-refractivity contribution is -0.133. The van der Waals surface area contributed by atoms with E-state index in [0.717, 1.165) is 11.8 Å². The highest BCUT2D eigenvalue weighted by molar-refractivity contribution is 7.99. The zero-order valence-corrected chi connectivity index (χ0v) is 13.2. The largest absolute Gasteiger partial charge is 0.481 e. The van der Waals surface area contributed by atoms with Crippen LogP contribution < -0.4 is 5.32 Å². The summed E-state index contributed by atoms with van der Waals surface area (Å²) in [5.41, 5.74) is 0. The Hall–Kier alpha value is -2.55. The Labute approximate surface area is 136 Å². The second-order valence-corrected chi connectivity index (χ2v) is 5.54. The molecule has 2 aromatic rings. The van der Waals surface area contributed by atoms with Crippen molar-refractivity contribution in [3.8, 4) is 0 Å². The van der Waals surface area contributed by atoms with E-state index in [1.54, 1.807) is 29.7 Å². The quantitative estimate of drug-likeness (QED) is 0.558. The minimum Gasteiger partial charge on any atom is -0.481 e. The minimum atomic E-state index is -0.941. The number of furan rings is 1. The maximum Gasteiger partial charge on any atom is 0.313 e.